The molecule has 7 heteroatoms. The van der Waals surface area contributed by atoms with Crippen LogP contribution in [0.2, 0.25) is 0 Å². The summed E-state index contributed by atoms with van der Waals surface area (Å²) in [6, 6.07) is 1.68. The van der Waals surface area contributed by atoms with Gasteiger partial charge in [0.15, 0.2) is 11.6 Å². The van der Waals surface area contributed by atoms with E-state index in [1.807, 2.05) is 13.8 Å². The van der Waals surface area contributed by atoms with Crippen LogP contribution in [0.5, 0.6) is 11.6 Å². The third kappa shape index (κ3) is 5.09. The summed E-state index contributed by atoms with van der Waals surface area (Å²) < 4.78 is 10.7. The summed E-state index contributed by atoms with van der Waals surface area (Å²) in [5, 5.41) is 19.9. The van der Waals surface area contributed by atoms with Crippen molar-refractivity contribution in [2.45, 2.75) is 26.4 Å². The molecular formula is C12H19N3O4. The Morgan fingerprint density at radius 3 is 2.74 bits per heavy atom. The Morgan fingerprint density at radius 1 is 1.37 bits per heavy atom. The molecule has 1 rings (SSSR count). The first-order chi connectivity index (χ1) is 9.21. The van der Waals surface area contributed by atoms with Crippen molar-refractivity contribution in [2.24, 2.45) is 0 Å². The molecule has 1 aromatic rings. The molecule has 0 aliphatic heterocycles. The van der Waals surface area contributed by atoms with Gasteiger partial charge in [0.25, 0.3) is 5.88 Å². The number of aldehydes is 1. The molecule has 106 valence electrons. The lowest BCUT2D eigenvalue weighted by Gasteiger charge is -2.11. The van der Waals surface area contributed by atoms with Crippen molar-refractivity contribution in [3.8, 4) is 11.6 Å². The number of carbonyl (C=O) groups excluding carboxylic acids is 1. The number of aliphatic hydroxyl groups excluding tert-OH is 1. The number of aromatic nitrogens is 2. The maximum Gasteiger partial charge on any atom is 0.276 e. The third-order valence-corrected chi connectivity index (χ3v) is 2.21. The number of aliphatic hydroxyl groups is 1. The standard InChI is InChI=1S/C12H19N3O4/c1-3-18-10-7-11(13-6-5-9(17)8-16)14-15-12(10)19-4-2/h7-9,17H,3-6H2,1-2H3,(H,13,14). The fraction of sp³-hybridized carbons (Fsp3) is 0.583. The number of rotatable bonds is 9. The van der Waals surface area contributed by atoms with Gasteiger partial charge in [0.1, 0.15) is 12.4 Å². The van der Waals surface area contributed by atoms with E-state index in [1.165, 1.54) is 0 Å². The van der Waals surface area contributed by atoms with Crippen molar-refractivity contribution < 1.29 is 19.4 Å². The van der Waals surface area contributed by atoms with Gasteiger partial charge >= 0.3 is 0 Å². The quantitative estimate of drug-likeness (QED) is 0.635. The predicted octanol–water partition coefficient (Wildman–Crippen LogP) is 0.636. The van der Waals surface area contributed by atoms with E-state index in [-0.39, 0.29) is 0 Å². The monoisotopic (exact) mass is 269 g/mol. The highest BCUT2D eigenvalue weighted by molar-refractivity contribution is 5.55. The van der Waals surface area contributed by atoms with Crippen LogP contribution in [0.3, 0.4) is 0 Å². The van der Waals surface area contributed by atoms with Crippen molar-refractivity contribution in [3.05, 3.63) is 6.07 Å². The number of nitrogens with one attached hydrogen (secondary N) is 1. The Hall–Kier alpha value is -1.89. The number of ether oxygens (including phenoxy) is 2. The van der Waals surface area contributed by atoms with Gasteiger partial charge < -0.3 is 24.7 Å². The van der Waals surface area contributed by atoms with Crippen LogP contribution in [0, 0.1) is 0 Å². The average Bonchev–Trinajstić information content (AvgIpc) is 2.42. The van der Waals surface area contributed by atoms with E-state index in [4.69, 9.17) is 14.6 Å². The van der Waals surface area contributed by atoms with Crippen LogP contribution < -0.4 is 14.8 Å². The number of anilines is 1. The molecule has 1 heterocycles. The van der Waals surface area contributed by atoms with Crippen LogP contribution >= 0.6 is 0 Å². The van der Waals surface area contributed by atoms with Crippen molar-refractivity contribution in [1.29, 1.82) is 0 Å². The second-order valence-electron chi connectivity index (χ2n) is 3.68. The largest absolute Gasteiger partial charge is 0.488 e. The number of carbonyl (C=O) groups is 1. The van der Waals surface area contributed by atoms with Gasteiger partial charge in [-0.2, -0.15) is 0 Å². The Bertz CT molecular complexity index is 401. The van der Waals surface area contributed by atoms with E-state index in [9.17, 15) is 4.79 Å². The summed E-state index contributed by atoms with van der Waals surface area (Å²) in [6.45, 7) is 5.10. The highest BCUT2D eigenvalue weighted by Crippen LogP contribution is 2.25. The van der Waals surface area contributed by atoms with E-state index in [2.05, 4.69) is 15.5 Å². The summed E-state index contributed by atoms with van der Waals surface area (Å²) in [5.41, 5.74) is 0. The maximum absolute atomic E-state index is 10.3. The molecule has 0 fully saturated rings. The summed E-state index contributed by atoms with van der Waals surface area (Å²) in [5.74, 6) is 1.37. The Labute approximate surface area is 111 Å². The zero-order chi connectivity index (χ0) is 14.1. The van der Waals surface area contributed by atoms with Gasteiger partial charge in [-0.3, -0.25) is 0 Å². The smallest absolute Gasteiger partial charge is 0.276 e. The first-order valence-corrected chi connectivity index (χ1v) is 6.21. The molecule has 0 aliphatic rings. The van der Waals surface area contributed by atoms with E-state index in [1.54, 1.807) is 6.07 Å². The fourth-order valence-electron chi connectivity index (χ4n) is 1.36. The normalized spacial score (nSPS) is 11.7. The minimum Gasteiger partial charge on any atom is -0.488 e. The molecule has 19 heavy (non-hydrogen) atoms. The molecule has 0 spiro atoms. The van der Waals surface area contributed by atoms with Gasteiger partial charge in [-0.15, -0.1) is 10.2 Å². The van der Waals surface area contributed by atoms with Crippen LogP contribution in [-0.2, 0) is 4.79 Å². The average molecular weight is 269 g/mol. The van der Waals surface area contributed by atoms with E-state index < -0.39 is 6.10 Å². The molecule has 2 N–H and O–H groups in total. The van der Waals surface area contributed by atoms with Gasteiger partial charge in [-0.05, 0) is 20.3 Å². The molecular weight excluding hydrogens is 250 g/mol. The van der Waals surface area contributed by atoms with Gasteiger partial charge in [0.2, 0.25) is 0 Å². The summed E-state index contributed by atoms with van der Waals surface area (Å²) in [6.07, 6.45) is -0.158. The molecule has 0 aliphatic carbocycles. The van der Waals surface area contributed by atoms with E-state index >= 15 is 0 Å². The Morgan fingerprint density at radius 2 is 2.11 bits per heavy atom. The SMILES string of the molecule is CCOc1cc(NCCC(O)C=O)nnc1OCC. The van der Waals surface area contributed by atoms with Crippen molar-refractivity contribution in [1.82, 2.24) is 10.2 Å². The number of hydrogen-bond acceptors (Lipinski definition) is 7. The molecule has 0 bridgehead atoms. The van der Waals surface area contributed by atoms with Crippen LogP contribution in [0.1, 0.15) is 20.3 Å². The molecule has 1 atom stereocenters. The lowest BCUT2D eigenvalue weighted by Crippen LogP contribution is -2.15. The highest BCUT2D eigenvalue weighted by Gasteiger charge is 2.09. The minimum atomic E-state index is -0.963. The van der Waals surface area contributed by atoms with Gasteiger partial charge in [-0.25, -0.2) is 0 Å². The summed E-state index contributed by atoms with van der Waals surface area (Å²) in [7, 11) is 0. The fourth-order valence-corrected chi connectivity index (χ4v) is 1.36. The van der Waals surface area contributed by atoms with Crippen LogP contribution in [0.25, 0.3) is 0 Å². The Balaban J connectivity index is 2.63. The highest BCUT2D eigenvalue weighted by atomic mass is 16.5. The molecule has 1 aromatic heterocycles. The summed E-state index contributed by atoms with van der Waals surface area (Å²) >= 11 is 0. The first-order valence-electron chi connectivity index (χ1n) is 6.21. The molecule has 0 radical (unpaired) electrons. The second kappa shape index (κ2) is 8.25. The molecule has 0 saturated carbocycles. The molecule has 0 aromatic carbocycles. The van der Waals surface area contributed by atoms with Crippen LogP contribution in [0.4, 0.5) is 5.82 Å². The Kier molecular flexibility index (Phi) is 6.59. The van der Waals surface area contributed by atoms with E-state index in [0.717, 1.165) is 0 Å². The van der Waals surface area contributed by atoms with Crippen LogP contribution in [0.15, 0.2) is 6.07 Å². The van der Waals surface area contributed by atoms with Gasteiger partial charge in [0.05, 0.1) is 13.2 Å². The zero-order valence-corrected chi connectivity index (χ0v) is 11.1. The lowest BCUT2D eigenvalue weighted by molar-refractivity contribution is -0.114. The second-order valence-corrected chi connectivity index (χ2v) is 3.68. The molecule has 1 unspecified atom stereocenters. The molecule has 7 nitrogen and oxygen atoms in total. The van der Waals surface area contributed by atoms with Crippen molar-refractivity contribution in [2.75, 3.05) is 25.1 Å². The van der Waals surface area contributed by atoms with Gasteiger partial charge in [-0.1, -0.05) is 0 Å². The predicted molar refractivity (Wildman–Crippen MR) is 69.5 cm³/mol. The van der Waals surface area contributed by atoms with Crippen LogP contribution in [-0.4, -0.2) is 47.5 Å². The lowest BCUT2D eigenvalue weighted by atomic mass is 10.3. The topological polar surface area (TPSA) is 93.6 Å². The number of nitrogens with zero attached hydrogens (tertiary/aromatic N) is 2. The third-order valence-electron chi connectivity index (χ3n) is 2.21. The van der Waals surface area contributed by atoms with Crippen molar-refractivity contribution >= 4 is 12.1 Å². The summed E-state index contributed by atoms with van der Waals surface area (Å²) in [4.78, 5) is 10.3. The maximum atomic E-state index is 10.3. The minimum absolute atomic E-state index is 0.308. The first kappa shape index (κ1) is 15.2. The van der Waals surface area contributed by atoms with Gasteiger partial charge in [0, 0.05) is 12.6 Å². The number of hydrogen-bond donors (Lipinski definition) is 2. The van der Waals surface area contributed by atoms with Crippen molar-refractivity contribution in [3.63, 3.8) is 0 Å². The molecule has 0 saturated heterocycles. The zero-order valence-electron chi connectivity index (χ0n) is 11.1. The van der Waals surface area contributed by atoms with E-state index in [0.29, 0.717) is 49.9 Å². The molecule has 0 amide bonds.